The summed E-state index contributed by atoms with van der Waals surface area (Å²) >= 11 is 12.3. The Labute approximate surface area is 218 Å². The van der Waals surface area contributed by atoms with Crippen LogP contribution in [0.4, 0.5) is 0 Å². The highest BCUT2D eigenvalue weighted by atomic mass is 35.5. The van der Waals surface area contributed by atoms with Crippen molar-refractivity contribution in [3.05, 3.63) is 91.6 Å². The minimum absolute atomic E-state index is 0.148. The van der Waals surface area contributed by atoms with Crippen molar-refractivity contribution >= 4 is 35.1 Å². The topological polar surface area (TPSA) is 57.2 Å². The lowest BCUT2D eigenvalue weighted by Crippen LogP contribution is -2.33. The third kappa shape index (κ3) is 4.35. The van der Waals surface area contributed by atoms with Crippen molar-refractivity contribution in [2.75, 3.05) is 20.1 Å². The fourth-order valence-electron chi connectivity index (χ4n) is 4.81. The average molecular weight is 524 g/mol. The Morgan fingerprint density at radius 1 is 1.03 bits per heavy atom. The highest BCUT2D eigenvalue weighted by molar-refractivity contribution is 6.31. The first-order valence-electron chi connectivity index (χ1n) is 11.7. The van der Waals surface area contributed by atoms with E-state index in [0.717, 1.165) is 40.4 Å². The lowest BCUT2D eigenvalue weighted by atomic mass is 9.98. The van der Waals surface area contributed by atoms with Gasteiger partial charge in [-0.3, -0.25) is 9.69 Å². The molecule has 3 aromatic rings. The maximum Gasteiger partial charge on any atom is 0.232 e. The molecular weight excluding hydrogens is 501 g/mol. The number of Topliss-reactive ketones (excluding diaryl/α,β-unsaturated/α-hetero) is 1. The van der Waals surface area contributed by atoms with Gasteiger partial charge in [0.05, 0.1) is 17.7 Å². The van der Waals surface area contributed by atoms with E-state index in [9.17, 15) is 4.79 Å². The van der Waals surface area contributed by atoms with Gasteiger partial charge in [-0.2, -0.15) is 0 Å². The van der Waals surface area contributed by atoms with Crippen LogP contribution in [0.25, 0.3) is 6.08 Å². The summed E-state index contributed by atoms with van der Waals surface area (Å²) in [6.07, 6.45) is 2.56. The van der Waals surface area contributed by atoms with Crippen LogP contribution in [0.2, 0.25) is 10.0 Å². The molecule has 0 saturated heterocycles. The summed E-state index contributed by atoms with van der Waals surface area (Å²) in [6, 6.07) is 13.4. The number of rotatable bonds is 4. The largest absolute Gasteiger partial charge is 0.478 e. The molecule has 0 N–H and O–H groups in total. The van der Waals surface area contributed by atoms with E-state index in [1.807, 2.05) is 37.3 Å². The summed E-state index contributed by atoms with van der Waals surface area (Å²) in [7, 11) is 0. The minimum atomic E-state index is -0.163. The van der Waals surface area contributed by atoms with Crippen LogP contribution in [-0.2, 0) is 24.3 Å². The number of carbonyl (C=O) groups excluding carboxylic acids is 1. The van der Waals surface area contributed by atoms with Gasteiger partial charge in [0.25, 0.3) is 0 Å². The smallest absolute Gasteiger partial charge is 0.232 e. The number of carbonyl (C=O) groups is 1. The number of benzene rings is 3. The first-order chi connectivity index (χ1) is 17.5. The van der Waals surface area contributed by atoms with Crippen molar-refractivity contribution in [3.8, 4) is 17.2 Å². The average Bonchev–Trinajstić information content (AvgIpc) is 3.20. The van der Waals surface area contributed by atoms with Gasteiger partial charge in [0.1, 0.15) is 24.0 Å². The van der Waals surface area contributed by atoms with Gasteiger partial charge in [0, 0.05) is 34.3 Å². The van der Waals surface area contributed by atoms with Crippen LogP contribution in [-0.4, -0.2) is 30.8 Å². The van der Waals surface area contributed by atoms with E-state index in [1.165, 1.54) is 5.56 Å². The number of hydrogen-bond donors (Lipinski definition) is 0. The highest BCUT2D eigenvalue weighted by Gasteiger charge is 2.35. The van der Waals surface area contributed by atoms with Crippen molar-refractivity contribution in [2.45, 2.75) is 26.5 Å². The van der Waals surface area contributed by atoms with Crippen molar-refractivity contribution in [1.82, 2.24) is 4.90 Å². The third-order valence-electron chi connectivity index (χ3n) is 6.61. The lowest BCUT2D eigenvalue weighted by Gasteiger charge is -2.30. The first-order valence-corrected chi connectivity index (χ1v) is 12.4. The molecule has 0 aromatic heterocycles. The van der Waals surface area contributed by atoms with Gasteiger partial charge in [-0.05, 0) is 60.9 Å². The van der Waals surface area contributed by atoms with Crippen LogP contribution in [0.3, 0.4) is 0 Å². The van der Waals surface area contributed by atoms with Crippen molar-refractivity contribution in [1.29, 1.82) is 0 Å². The third-order valence-corrected chi connectivity index (χ3v) is 7.08. The zero-order valence-corrected chi connectivity index (χ0v) is 21.1. The fourth-order valence-corrected chi connectivity index (χ4v) is 5.19. The predicted octanol–water partition coefficient (Wildman–Crippen LogP) is 6.18. The molecule has 0 aliphatic carbocycles. The Morgan fingerprint density at radius 2 is 1.86 bits per heavy atom. The van der Waals surface area contributed by atoms with Crippen LogP contribution in [0.1, 0.15) is 38.2 Å². The summed E-state index contributed by atoms with van der Waals surface area (Å²) in [6.45, 7) is 4.35. The van der Waals surface area contributed by atoms with E-state index in [2.05, 4.69) is 4.90 Å². The Hall–Kier alpha value is -3.03. The molecule has 0 unspecified atom stereocenters. The summed E-state index contributed by atoms with van der Waals surface area (Å²) < 4.78 is 23.4. The summed E-state index contributed by atoms with van der Waals surface area (Å²) in [5.74, 6) is 2.05. The van der Waals surface area contributed by atoms with Crippen LogP contribution in [0, 0.1) is 6.92 Å². The second kappa shape index (κ2) is 9.45. The van der Waals surface area contributed by atoms with Gasteiger partial charge < -0.3 is 18.9 Å². The number of nitrogens with zero attached hydrogens (tertiary/aromatic N) is 1. The van der Waals surface area contributed by atoms with Crippen molar-refractivity contribution in [3.63, 3.8) is 0 Å². The zero-order chi connectivity index (χ0) is 24.8. The van der Waals surface area contributed by atoms with Crippen LogP contribution in [0.15, 0.2) is 48.2 Å². The maximum atomic E-state index is 13.4. The van der Waals surface area contributed by atoms with Gasteiger partial charge in [-0.1, -0.05) is 35.3 Å². The van der Waals surface area contributed by atoms with Crippen LogP contribution >= 0.6 is 23.2 Å². The molecule has 8 heteroatoms. The molecule has 3 aliphatic rings. The second-order valence-electron chi connectivity index (χ2n) is 9.11. The summed E-state index contributed by atoms with van der Waals surface area (Å²) in [5, 5.41) is 1.26. The lowest BCUT2D eigenvalue weighted by molar-refractivity contribution is -0.0165. The molecule has 0 saturated carbocycles. The molecule has 3 aliphatic heterocycles. The van der Waals surface area contributed by atoms with Crippen LogP contribution < -0.4 is 14.2 Å². The molecule has 6 rings (SSSR count). The number of halogens is 2. The Kier molecular flexibility index (Phi) is 6.13. The highest BCUT2D eigenvalue weighted by Crippen LogP contribution is 2.44. The summed E-state index contributed by atoms with van der Waals surface area (Å²) in [4.78, 5) is 15.6. The van der Waals surface area contributed by atoms with Gasteiger partial charge in [0.15, 0.2) is 12.6 Å². The molecule has 0 bridgehead atoms. The molecule has 3 aromatic carbocycles. The molecule has 6 nitrogen and oxygen atoms in total. The van der Waals surface area contributed by atoms with Gasteiger partial charge >= 0.3 is 0 Å². The Bertz CT molecular complexity index is 1400. The van der Waals surface area contributed by atoms with Crippen LogP contribution in [0.5, 0.6) is 17.2 Å². The second-order valence-corrected chi connectivity index (χ2v) is 9.98. The first kappa shape index (κ1) is 23.4. The van der Waals surface area contributed by atoms with E-state index >= 15 is 0 Å². The molecule has 0 atom stereocenters. The molecular formula is C28H23Cl2NO5. The number of fused-ring (bicyclic) bond motifs is 4. The van der Waals surface area contributed by atoms with E-state index < -0.39 is 0 Å². The number of ketones is 1. The van der Waals surface area contributed by atoms with E-state index in [1.54, 1.807) is 18.2 Å². The molecule has 0 spiro atoms. The van der Waals surface area contributed by atoms with Gasteiger partial charge in [-0.15, -0.1) is 0 Å². The van der Waals surface area contributed by atoms with Gasteiger partial charge in [-0.25, -0.2) is 0 Å². The molecule has 36 heavy (non-hydrogen) atoms. The SMILES string of the molecule is Cc1cc2c(c3c1C(=O)/C(=C\c1cc(Cl)cc4c1OCOC4)O3)CN(CCc1ccc(Cl)cc1)CO2. The number of ether oxygens (including phenoxy) is 4. The Morgan fingerprint density at radius 3 is 2.69 bits per heavy atom. The zero-order valence-electron chi connectivity index (χ0n) is 19.6. The standard InChI is InChI=1S/C28H23Cl2NO5/c1-16-8-23-22(12-31(14-34-23)7-6-17-2-4-20(29)5-3-17)28-25(16)26(32)24(36-28)11-18-9-21(30)10-19-13-33-15-35-27(18)19/h2-5,8-11H,6-7,12-15H2,1H3/b24-11+. The van der Waals surface area contributed by atoms with Crippen molar-refractivity contribution < 1.29 is 23.7 Å². The monoisotopic (exact) mass is 523 g/mol. The summed E-state index contributed by atoms with van der Waals surface area (Å²) in [5.41, 5.74) is 5.00. The molecule has 0 radical (unpaired) electrons. The number of hydrogen-bond acceptors (Lipinski definition) is 6. The maximum absolute atomic E-state index is 13.4. The molecule has 0 fully saturated rings. The molecule has 184 valence electrons. The fraction of sp³-hybridized carbons (Fsp3) is 0.250. The molecule has 3 heterocycles. The van der Waals surface area contributed by atoms with Gasteiger partial charge in [0.2, 0.25) is 5.78 Å². The van der Waals surface area contributed by atoms with E-state index in [4.69, 9.17) is 42.1 Å². The van der Waals surface area contributed by atoms with E-state index in [-0.39, 0.29) is 18.3 Å². The Balaban J connectivity index is 1.28. The predicted molar refractivity (Wildman–Crippen MR) is 137 cm³/mol. The number of allylic oxidation sites excluding steroid dienone is 1. The molecule has 0 amide bonds. The quantitative estimate of drug-likeness (QED) is 0.380. The van der Waals surface area contributed by atoms with Crippen molar-refractivity contribution in [2.24, 2.45) is 0 Å². The van der Waals surface area contributed by atoms with E-state index in [0.29, 0.717) is 47.5 Å². The number of aryl methyl sites for hydroxylation is 1. The normalized spacial score (nSPS) is 17.6. The minimum Gasteiger partial charge on any atom is -0.478 e.